The van der Waals surface area contributed by atoms with E-state index in [0.717, 1.165) is 0 Å². The Balaban J connectivity index is 0. The summed E-state index contributed by atoms with van der Waals surface area (Å²) in [7, 11) is 9.00. The molecule has 0 aromatic rings. The van der Waals surface area contributed by atoms with Crippen molar-refractivity contribution in [3.8, 4) is 0 Å². The first kappa shape index (κ1) is 8.92. The highest BCUT2D eigenvalue weighted by molar-refractivity contribution is 6.05. The Bertz CT molecular complexity index is 4.00. The van der Waals surface area contributed by atoms with Crippen LogP contribution in [-0.4, -0.2) is 15.7 Å². The fourth-order valence-corrected chi connectivity index (χ4v) is 0. The lowest BCUT2D eigenvalue weighted by Gasteiger charge is -1.02. The molecule has 2 heteroatoms. The molecule has 0 fully saturated rings. The third kappa shape index (κ3) is 161. The van der Waals surface area contributed by atoms with Crippen LogP contribution in [0, 0.1) is 0 Å². The quantitative estimate of drug-likeness (QED) is 0.350. The molecular weight excluding hydrogens is 45.6 g/mol. The molecule has 0 rings (SSSR count). The van der Waals surface area contributed by atoms with Crippen molar-refractivity contribution in [3.05, 3.63) is 0 Å². The van der Waals surface area contributed by atoms with E-state index < -0.39 is 0 Å². The third-order valence-electron chi connectivity index (χ3n) is 0. The molecule has 0 saturated heterocycles. The van der Waals surface area contributed by atoms with Gasteiger partial charge in [-0.15, -0.1) is 0 Å². The van der Waals surface area contributed by atoms with Gasteiger partial charge in [-0.2, -0.15) is 0 Å². The van der Waals surface area contributed by atoms with Gasteiger partial charge < -0.3 is 0 Å². The van der Waals surface area contributed by atoms with Crippen molar-refractivity contribution in [2.24, 2.45) is 0 Å². The van der Waals surface area contributed by atoms with Crippen LogP contribution in [0.4, 0.5) is 0 Å². The van der Waals surface area contributed by atoms with Gasteiger partial charge in [0.1, 0.15) is 0 Å². The second-order valence-corrected chi connectivity index (χ2v) is 0. The van der Waals surface area contributed by atoms with E-state index in [2.05, 4.69) is 15.7 Å². The summed E-state index contributed by atoms with van der Waals surface area (Å²) in [6.45, 7) is 3.00. The molecule has 0 amide bonds. The Labute approximate surface area is 30.4 Å². The highest BCUT2D eigenvalue weighted by Gasteiger charge is 0.986. The van der Waals surface area contributed by atoms with Crippen molar-refractivity contribution >= 4 is 15.7 Å². The fraction of sp³-hybridized carbons (Fsp3) is 1.00. The van der Waals surface area contributed by atoms with Crippen molar-refractivity contribution in [2.75, 3.05) is 0 Å². The molecule has 0 unspecified atom stereocenters. The average molecular weight is 51.7 g/mol. The summed E-state index contributed by atoms with van der Waals surface area (Å²) in [5.41, 5.74) is 0. The van der Waals surface area contributed by atoms with Crippen molar-refractivity contribution in [2.45, 2.75) is 13.6 Å². The molecule has 20 valence electrons. The minimum atomic E-state index is 1.50. The highest BCUT2D eigenvalue weighted by Crippen LogP contribution is 0.962. The molecule has 0 saturated carbocycles. The zero-order valence-electron chi connectivity index (χ0n) is 3.15. The first-order chi connectivity index (χ1) is 2.00. The summed E-state index contributed by atoms with van der Waals surface area (Å²) in [5, 5.41) is 0. The smallest absolute Gasteiger partial charge is 0.0606 e. The van der Waals surface area contributed by atoms with Gasteiger partial charge in [0.15, 0.2) is 0 Å². The van der Waals surface area contributed by atoms with Gasteiger partial charge in [0.2, 0.25) is 0 Å². The van der Waals surface area contributed by atoms with E-state index in [1.165, 1.54) is 13.6 Å². The molecule has 0 aliphatic rings. The van der Waals surface area contributed by atoms with E-state index in [1.807, 2.05) is 0 Å². The van der Waals surface area contributed by atoms with Crippen LogP contribution in [-0.2, 0) is 0 Å². The molecule has 0 aromatic carbocycles. The van der Waals surface area contributed by atoms with Gasteiger partial charge in [-0.3, -0.25) is 0 Å². The van der Waals surface area contributed by atoms with Crippen molar-refractivity contribution in [3.63, 3.8) is 0 Å². The molecule has 0 nitrogen and oxygen atoms in total. The normalized spacial score (nSPS) is 2.50. The summed E-state index contributed by atoms with van der Waals surface area (Å²) < 4.78 is 0. The van der Waals surface area contributed by atoms with Crippen LogP contribution in [0.3, 0.4) is 0 Å². The molecule has 0 spiro atoms. The lowest BCUT2D eigenvalue weighted by molar-refractivity contribution is 2.39. The maximum Gasteiger partial charge on any atom is 0.0606 e. The van der Waals surface area contributed by atoms with Gasteiger partial charge in [-0.05, 0) is 0 Å². The molecular formula is C2H6B2. The van der Waals surface area contributed by atoms with Gasteiger partial charge in [0, 0.05) is 0 Å². The Morgan fingerprint density at radius 2 is 0.750 bits per heavy atom. The summed E-state index contributed by atoms with van der Waals surface area (Å²) in [6, 6.07) is 0. The SMILES string of the molecule is [B]C.[B]C. The molecule has 0 aromatic heterocycles. The average Bonchev–Trinajstić information content (AvgIpc) is 1.50. The standard InChI is InChI=1S/2CH3B/c2*1-2/h2*1H3. The van der Waals surface area contributed by atoms with Gasteiger partial charge >= 0.3 is 0 Å². The molecule has 0 heterocycles. The number of rotatable bonds is 0. The maximum atomic E-state index is 4.50. The zero-order chi connectivity index (χ0) is 4.00. The van der Waals surface area contributed by atoms with Gasteiger partial charge in [0.25, 0.3) is 0 Å². The minimum absolute atomic E-state index is 1.50. The highest BCUT2D eigenvalue weighted by atomic mass is 12.6. The zero-order valence-corrected chi connectivity index (χ0v) is 3.15. The van der Waals surface area contributed by atoms with Crippen LogP contribution in [0.1, 0.15) is 0 Å². The van der Waals surface area contributed by atoms with Gasteiger partial charge in [-0.25, -0.2) is 0 Å². The molecule has 4 heavy (non-hydrogen) atoms. The summed E-state index contributed by atoms with van der Waals surface area (Å²) in [6.07, 6.45) is 0. The Morgan fingerprint density at radius 1 is 0.750 bits per heavy atom. The van der Waals surface area contributed by atoms with Crippen LogP contribution < -0.4 is 0 Å². The third-order valence-corrected chi connectivity index (χ3v) is 0. The predicted molar refractivity (Wildman–Crippen MR) is 23.2 cm³/mol. The van der Waals surface area contributed by atoms with E-state index >= 15 is 0 Å². The van der Waals surface area contributed by atoms with Gasteiger partial charge in [-0.1, -0.05) is 13.6 Å². The molecule has 0 aliphatic carbocycles. The van der Waals surface area contributed by atoms with E-state index in [4.69, 9.17) is 0 Å². The molecule has 0 aliphatic heterocycles. The maximum absolute atomic E-state index is 4.50. The summed E-state index contributed by atoms with van der Waals surface area (Å²) in [4.78, 5) is 0. The summed E-state index contributed by atoms with van der Waals surface area (Å²) >= 11 is 0. The second kappa shape index (κ2) is 842. The second-order valence-electron chi connectivity index (χ2n) is 0. The molecule has 0 bridgehead atoms. The van der Waals surface area contributed by atoms with E-state index in [9.17, 15) is 0 Å². The molecule has 0 N–H and O–H groups in total. The Kier molecular flexibility index (Phi) is 1880. The Hall–Kier alpha value is 0.130. The van der Waals surface area contributed by atoms with Crippen LogP contribution in [0.15, 0.2) is 0 Å². The topological polar surface area (TPSA) is 0 Å². The van der Waals surface area contributed by atoms with Crippen LogP contribution >= 0.6 is 0 Å². The van der Waals surface area contributed by atoms with E-state index in [-0.39, 0.29) is 0 Å². The molecule has 4 radical (unpaired) electrons. The fourth-order valence-electron chi connectivity index (χ4n) is 0. The minimum Gasteiger partial charge on any atom is -0.0999 e. The lowest BCUT2D eigenvalue weighted by atomic mass is 10.2. The van der Waals surface area contributed by atoms with Crippen LogP contribution in [0.5, 0.6) is 0 Å². The number of hydrogen-bond donors (Lipinski definition) is 0. The van der Waals surface area contributed by atoms with Crippen LogP contribution in [0.2, 0.25) is 13.6 Å². The largest absolute Gasteiger partial charge is 0.0999 e. The lowest BCUT2D eigenvalue weighted by Crippen LogP contribution is -1.13. The van der Waals surface area contributed by atoms with Crippen LogP contribution in [0.25, 0.3) is 0 Å². The molecule has 0 atom stereocenters. The summed E-state index contributed by atoms with van der Waals surface area (Å²) in [5.74, 6) is 0. The Morgan fingerprint density at radius 3 is 0.750 bits per heavy atom. The van der Waals surface area contributed by atoms with Crippen molar-refractivity contribution in [1.82, 2.24) is 0 Å². The monoisotopic (exact) mass is 52.1 g/mol. The predicted octanol–water partition coefficient (Wildman–Crippen LogP) is 0.406. The van der Waals surface area contributed by atoms with Gasteiger partial charge in [0.05, 0.1) is 15.7 Å². The first-order valence-electron chi connectivity index (χ1n) is 1.15. The van der Waals surface area contributed by atoms with Crippen molar-refractivity contribution < 1.29 is 0 Å². The first-order valence-corrected chi connectivity index (χ1v) is 1.15. The van der Waals surface area contributed by atoms with E-state index in [1.54, 1.807) is 0 Å². The van der Waals surface area contributed by atoms with E-state index in [0.29, 0.717) is 0 Å². The number of hydrogen-bond acceptors (Lipinski definition) is 0. The van der Waals surface area contributed by atoms with Crippen molar-refractivity contribution in [1.29, 1.82) is 0 Å².